The maximum absolute atomic E-state index is 12.0. The Balaban J connectivity index is 1.67. The third-order valence-corrected chi connectivity index (χ3v) is 8.53. The minimum absolute atomic E-state index is 0.0980. The molecule has 138 valence electrons. The van der Waals surface area contributed by atoms with Crippen molar-refractivity contribution in [3.8, 4) is 0 Å². The van der Waals surface area contributed by atoms with Crippen LogP contribution < -0.4 is 0 Å². The average molecular weight is 344 g/mol. The van der Waals surface area contributed by atoms with Gasteiger partial charge in [0, 0.05) is 18.8 Å². The van der Waals surface area contributed by atoms with Crippen molar-refractivity contribution in [3.63, 3.8) is 0 Å². The quantitative estimate of drug-likeness (QED) is 0.648. The van der Waals surface area contributed by atoms with Crippen LogP contribution in [0.2, 0.25) is 0 Å². The Labute approximate surface area is 151 Å². The second-order valence-electron chi connectivity index (χ2n) is 9.75. The molecule has 4 aliphatic rings. The molecule has 0 bridgehead atoms. The Hall–Kier alpha value is -1.12. The highest BCUT2D eigenvalue weighted by atomic mass is 16.5. The Morgan fingerprint density at radius 1 is 1.16 bits per heavy atom. The van der Waals surface area contributed by atoms with E-state index in [1.807, 2.05) is 6.08 Å². The molecule has 0 N–H and O–H groups in total. The van der Waals surface area contributed by atoms with Gasteiger partial charge >= 0.3 is 5.97 Å². The number of esters is 1. The van der Waals surface area contributed by atoms with Crippen molar-refractivity contribution in [1.29, 1.82) is 0 Å². The van der Waals surface area contributed by atoms with Gasteiger partial charge in [-0.15, -0.1) is 0 Å². The number of ether oxygens (including phenoxy) is 1. The molecule has 0 saturated heterocycles. The van der Waals surface area contributed by atoms with Gasteiger partial charge in [0.2, 0.25) is 0 Å². The van der Waals surface area contributed by atoms with Gasteiger partial charge < -0.3 is 4.74 Å². The molecular formula is C22H32O3. The highest BCUT2D eigenvalue weighted by molar-refractivity contribution is 5.91. The first-order valence-electron chi connectivity index (χ1n) is 10.2. The summed E-state index contributed by atoms with van der Waals surface area (Å²) >= 11 is 0. The summed E-state index contributed by atoms with van der Waals surface area (Å²) in [6, 6.07) is 0. The first kappa shape index (κ1) is 17.3. The molecule has 7 atom stereocenters. The molecule has 0 amide bonds. The van der Waals surface area contributed by atoms with E-state index < -0.39 is 0 Å². The molecule has 3 saturated carbocycles. The van der Waals surface area contributed by atoms with E-state index in [0.717, 1.165) is 32.1 Å². The first-order valence-corrected chi connectivity index (χ1v) is 10.2. The maximum Gasteiger partial charge on any atom is 0.302 e. The number of carbonyl (C=O) groups is 2. The van der Waals surface area contributed by atoms with E-state index in [-0.39, 0.29) is 22.9 Å². The van der Waals surface area contributed by atoms with E-state index in [9.17, 15) is 9.59 Å². The molecule has 0 heterocycles. The molecule has 0 aromatic carbocycles. The number of hydrogen-bond acceptors (Lipinski definition) is 3. The predicted molar refractivity (Wildman–Crippen MR) is 96.8 cm³/mol. The SMILES string of the molecule is CC(=O)O[C@H]1CCC2C3C(CC[C@@]21C)[C@@]1(C)CCC(=O)C=C1C[C@H]3C. The van der Waals surface area contributed by atoms with Gasteiger partial charge in [-0.05, 0) is 73.7 Å². The van der Waals surface area contributed by atoms with Gasteiger partial charge in [0.05, 0.1) is 0 Å². The number of hydrogen-bond donors (Lipinski definition) is 0. The summed E-state index contributed by atoms with van der Waals surface area (Å²) < 4.78 is 5.75. The van der Waals surface area contributed by atoms with Crippen LogP contribution in [0.4, 0.5) is 0 Å². The zero-order valence-electron chi connectivity index (χ0n) is 16.1. The van der Waals surface area contributed by atoms with Crippen LogP contribution in [-0.2, 0) is 14.3 Å². The van der Waals surface area contributed by atoms with Crippen LogP contribution >= 0.6 is 0 Å². The van der Waals surface area contributed by atoms with E-state index in [1.54, 1.807) is 6.92 Å². The minimum Gasteiger partial charge on any atom is -0.462 e. The summed E-state index contributed by atoms with van der Waals surface area (Å²) in [4.78, 5) is 23.6. The van der Waals surface area contributed by atoms with Crippen LogP contribution in [0.3, 0.4) is 0 Å². The Morgan fingerprint density at radius 2 is 1.92 bits per heavy atom. The summed E-state index contributed by atoms with van der Waals surface area (Å²) in [5, 5.41) is 0. The van der Waals surface area contributed by atoms with Gasteiger partial charge in [-0.25, -0.2) is 0 Å². The predicted octanol–water partition coefficient (Wildman–Crippen LogP) is 4.70. The average Bonchev–Trinajstić information content (AvgIpc) is 2.85. The lowest BCUT2D eigenvalue weighted by Crippen LogP contribution is -2.54. The van der Waals surface area contributed by atoms with E-state index in [1.165, 1.54) is 18.4 Å². The Kier molecular flexibility index (Phi) is 3.94. The zero-order valence-corrected chi connectivity index (χ0v) is 16.1. The lowest BCUT2D eigenvalue weighted by Gasteiger charge is -2.59. The number of rotatable bonds is 1. The highest BCUT2D eigenvalue weighted by Crippen LogP contribution is 2.66. The largest absolute Gasteiger partial charge is 0.462 e. The summed E-state index contributed by atoms with van der Waals surface area (Å²) in [6.45, 7) is 8.74. The summed E-state index contributed by atoms with van der Waals surface area (Å²) in [7, 11) is 0. The van der Waals surface area contributed by atoms with Crippen LogP contribution in [0.15, 0.2) is 11.6 Å². The second kappa shape index (κ2) is 5.69. The molecule has 3 nitrogen and oxygen atoms in total. The van der Waals surface area contributed by atoms with Crippen LogP contribution in [0.25, 0.3) is 0 Å². The zero-order chi connectivity index (χ0) is 18.0. The van der Waals surface area contributed by atoms with Crippen molar-refractivity contribution < 1.29 is 14.3 Å². The normalized spacial score (nSPS) is 48.9. The molecule has 0 spiro atoms. The fraction of sp³-hybridized carbons (Fsp3) is 0.818. The number of allylic oxidation sites excluding steroid dienone is 1. The lowest BCUT2D eigenvalue weighted by atomic mass is 9.45. The van der Waals surface area contributed by atoms with Crippen molar-refractivity contribution in [2.75, 3.05) is 0 Å². The molecule has 3 unspecified atom stereocenters. The van der Waals surface area contributed by atoms with Crippen molar-refractivity contribution in [2.24, 2.45) is 34.5 Å². The topological polar surface area (TPSA) is 43.4 Å². The van der Waals surface area contributed by atoms with Crippen molar-refractivity contribution in [2.45, 2.75) is 78.7 Å². The standard InChI is InChI=1S/C22H32O3/c1-13-11-15-12-16(24)7-9-21(15,3)18-8-10-22(4)17(20(13)18)5-6-19(22)25-14(2)23/h12-13,17-20H,5-11H2,1-4H3/t13-,17?,18?,19+,20?,21+,22+/m1/s1. The van der Waals surface area contributed by atoms with Crippen molar-refractivity contribution in [1.82, 2.24) is 0 Å². The Bertz CT molecular complexity index is 635. The lowest BCUT2D eigenvalue weighted by molar-refractivity contribution is -0.158. The summed E-state index contributed by atoms with van der Waals surface area (Å²) in [6.07, 6.45) is 9.48. The third-order valence-electron chi connectivity index (χ3n) is 8.53. The highest BCUT2D eigenvalue weighted by Gasteiger charge is 2.61. The summed E-state index contributed by atoms with van der Waals surface area (Å²) in [5.74, 6) is 2.86. The van der Waals surface area contributed by atoms with Crippen LogP contribution in [-0.4, -0.2) is 17.9 Å². The van der Waals surface area contributed by atoms with Gasteiger partial charge in [-0.1, -0.05) is 26.3 Å². The molecular weight excluding hydrogens is 312 g/mol. The number of carbonyl (C=O) groups excluding carboxylic acids is 2. The molecule has 25 heavy (non-hydrogen) atoms. The monoisotopic (exact) mass is 344 g/mol. The molecule has 0 aromatic heterocycles. The number of fused-ring (bicyclic) bond motifs is 5. The molecule has 0 aliphatic heterocycles. The van der Waals surface area contributed by atoms with Crippen molar-refractivity contribution >= 4 is 11.8 Å². The second-order valence-corrected chi connectivity index (χ2v) is 9.75. The third kappa shape index (κ3) is 2.44. The Morgan fingerprint density at radius 3 is 2.64 bits per heavy atom. The smallest absolute Gasteiger partial charge is 0.302 e. The summed E-state index contributed by atoms with van der Waals surface area (Å²) in [5.41, 5.74) is 1.78. The fourth-order valence-electron chi connectivity index (χ4n) is 7.25. The molecule has 0 aromatic rings. The van der Waals surface area contributed by atoms with Crippen LogP contribution in [0.1, 0.15) is 72.6 Å². The van der Waals surface area contributed by atoms with Crippen LogP contribution in [0.5, 0.6) is 0 Å². The maximum atomic E-state index is 12.0. The van der Waals surface area contributed by atoms with Gasteiger partial charge in [0.15, 0.2) is 5.78 Å². The molecule has 0 radical (unpaired) electrons. The molecule has 3 fully saturated rings. The number of ketones is 1. The first-order chi connectivity index (χ1) is 11.8. The van der Waals surface area contributed by atoms with Gasteiger partial charge in [-0.3, -0.25) is 9.59 Å². The van der Waals surface area contributed by atoms with Gasteiger partial charge in [0.1, 0.15) is 6.10 Å². The molecule has 4 aliphatic carbocycles. The van der Waals surface area contributed by atoms with E-state index in [0.29, 0.717) is 29.5 Å². The van der Waals surface area contributed by atoms with E-state index in [2.05, 4.69) is 20.8 Å². The van der Waals surface area contributed by atoms with E-state index in [4.69, 9.17) is 4.74 Å². The minimum atomic E-state index is -0.131. The van der Waals surface area contributed by atoms with Crippen molar-refractivity contribution in [3.05, 3.63) is 11.6 Å². The van der Waals surface area contributed by atoms with E-state index >= 15 is 0 Å². The molecule has 3 heteroatoms. The van der Waals surface area contributed by atoms with Gasteiger partial charge in [0.25, 0.3) is 0 Å². The van der Waals surface area contributed by atoms with Crippen LogP contribution in [0, 0.1) is 34.5 Å². The van der Waals surface area contributed by atoms with Gasteiger partial charge in [-0.2, -0.15) is 0 Å². The fourth-order valence-corrected chi connectivity index (χ4v) is 7.25. The molecule has 4 rings (SSSR count).